The van der Waals surface area contributed by atoms with Crippen LogP contribution in [-0.4, -0.2) is 26.8 Å². The first-order valence-corrected chi connectivity index (χ1v) is 6.24. The number of amides is 1. The molecule has 104 valence electrons. The molecule has 2 aromatic rings. The van der Waals surface area contributed by atoms with Crippen LogP contribution in [0.2, 0.25) is 5.15 Å². The summed E-state index contributed by atoms with van der Waals surface area (Å²) < 4.78 is 1.33. The third-order valence-electron chi connectivity index (χ3n) is 2.85. The minimum absolute atomic E-state index is 0.00635. The van der Waals surface area contributed by atoms with Crippen LogP contribution in [0, 0.1) is 0 Å². The Balaban J connectivity index is 2.53. The first-order chi connectivity index (χ1) is 9.45. The summed E-state index contributed by atoms with van der Waals surface area (Å²) in [5.41, 5.74) is 6.47. The van der Waals surface area contributed by atoms with E-state index in [-0.39, 0.29) is 10.7 Å². The number of aryl methyl sites for hydroxylation is 1. The summed E-state index contributed by atoms with van der Waals surface area (Å²) in [6, 6.07) is 6.26. The number of hydrogen-bond acceptors (Lipinski definition) is 3. The highest BCUT2D eigenvalue weighted by Gasteiger charge is 2.21. The zero-order valence-corrected chi connectivity index (χ0v) is 11.4. The quantitative estimate of drug-likeness (QED) is 0.899. The van der Waals surface area contributed by atoms with E-state index in [1.807, 2.05) is 0 Å². The molecule has 6 nitrogen and oxygen atoms in total. The van der Waals surface area contributed by atoms with Crippen molar-refractivity contribution in [1.29, 1.82) is 0 Å². The Morgan fingerprint density at radius 3 is 2.35 bits per heavy atom. The lowest BCUT2D eigenvalue weighted by atomic mass is 10.2. The fourth-order valence-electron chi connectivity index (χ4n) is 1.84. The van der Waals surface area contributed by atoms with E-state index in [4.69, 9.17) is 22.4 Å². The second-order valence-electron chi connectivity index (χ2n) is 4.09. The zero-order chi connectivity index (χ0) is 14.9. The van der Waals surface area contributed by atoms with Gasteiger partial charge < -0.3 is 10.8 Å². The average Bonchev–Trinajstić information content (AvgIpc) is 2.75. The molecule has 0 unspecified atom stereocenters. The summed E-state index contributed by atoms with van der Waals surface area (Å²) in [7, 11) is 0. The van der Waals surface area contributed by atoms with Crippen molar-refractivity contribution >= 4 is 23.5 Å². The van der Waals surface area contributed by atoms with E-state index in [1.165, 1.54) is 16.8 Å². The van der Waals surface area contributed by atoms with Crippen molar-refractivity contribution < 1.29 is 14.7 Å². The summed E-state index contributed by atoms with van der Waals surface area (Å²) in [5, 5.41) is 13.4. The minimum atomic E-state index is -1.12. The molecule has 0 saturated carbocycles. The first kappa shape index (κ1) is 14.1. The van der Waals surface area contributed by atoms with Gasteiger partial charge in [0.05, 0.1) is 11.4 Å². The maximum atomic E-state index is 11.2. The monoisotopic (exact) mass is 293 g/mol. The topological polar surface area (TPSA) is 98.2 Å². The molecule has 0 radical (unpaired) electrons. The summed E-state index contributed by atoms with van der Waals surface area (Å²) in [6.07, 6.45) is 0.452. The molecule has 0 aliphatic heterocycles. The van der Waals surface area contributed by atoms with Crippen molar-refractivity contribution in [2.24, 2.45) is 5.73 Å². The van der Waals surface area contributed by atoms with E-state index < -0.39 is 11.9 Å². The number of carboxylic acids is 1. The molecular formula is C13H12ClN3O3. The number of benzene rings is 1. The Hall–Kier alpha value is -2.34. The molecule has 1 amide bonds. The molecule has 0 spiro atoms. The molecule has 1 aromatic carbocycles. The molecule has 0 atom stereocenters. The second-order valence-corrected chi connectivity index (χ2v) is 4.45. The number of hydrogen-bond donors (Lipinski definition) is 2. The number of carboxylic acid groups (broad SMARTS) is 1. The minimum Gasteiger partial charge on any atom is -0.478 e. The van der Waals surface area contributed by atoms with Gasteiger partial charge in [0, 0.05) is 5.56 Å². The van der Waals surface area contributed by atoms with E-state index in [1.54, 1.807) is 19.1 Å². The number of nitrogens with zero attached hydrogens (tertiary/aromatic N) is 2. The highest BCUT2D eigenvalue weighted by Crippen LogP contribution is 2.24. The van der Waals surface area contributed by atoms with Gasteiger partial charge >= 0.3 is 5.97 Å². The number of nitrogens with two attached hydrogens (primary N) is 1. The standard InChI is InChI=1S/C13H12ClN3O3/c1-2-9-10(13(19)20)11(14)17(16-9)8-5-3-7(4-6-8)12(15)18/h3-6H,2H2,1H3,(H2,15,18)(H,19,20). The fraction of sp³-hybridized carbons (Fsp3) is 0.154. The third-order valence-corrected chi connectivity index (χ3v) is 3.20. The van der Waals surface area contributed by atoms with Gasteiger partial charge in [-0.25, -0.2) is 9.48 Å². The number of primary amides is 1. The summed E-state index contributed by atoms with van der Waals surface area (Å²) in [5.74, 6) is -1.66. The molecule has 0 bridgehead atoms. The van der Waals surface area contributed by atoms with Gasteiger partial charge in [0.1, 0.15) is 10.7 Å². The number of halogens is 1. The second kappa shape index (κ2) is 5.34. The molecule has 1 heterocycles. The van der Waals surface area contributed by atoms with Gasteiger partial charge in [-0.15, -0.1) is 0 Å². The maximum absolute atomic E-state index is 11.2. The van der Waals surface area contributed by atoms with Gasteiger partial charge in [0.2, 0.25) is 5.91 Å². The van der Waals surface area contributed by atoms with Crippen LogP contribution in [0.5, 0.6) is 0 Å². The average molecular weight is 294 g/mol. The summed E-state index contributed by atoms with van der Waals surface area (Å²) in [6.45, 7) is 1.80. The Morgan fingerprint density at radius 1 is 1.35 bits per heavy atom. The van der Waals surface area contributed by atoms with Crippen LogP contribution in [0.3, 0.4) is 0 Å². The van der Waals surface area contributed by atoms with Gasteiger partial charge in [-0.3, -0.25) is 4.79 Å². The van der Waals surface area contributed by atoms with E-state index in [9.17, 15) is 9.59 Å². The highest BCUT2D eigenvalue weighted by atomic mass is 35.5. The van der Waals surface area contributed by atoms with E-state index in [0.29, 0.717) is 23.4 Å². The van der Waals surface area contributed by atoms with E-state index in [0.717, 1.165) is 0 Å². The van der Waals surface area contributed by atoms with Crippen LogP contribution >= 0.6 is 11.6 Å². The molecule has 3 N–H and O–H groups in total. The molecule has 0 aliphatic carbocycles. The van der Waals surface area contributed by atoms with Gasteiger partial charge in [0.25, 0.3) is 0 Å². The van der Waals surface area contributed by atoms with Crippen LogP contribution in [-0.2, 0) is 6.42 Å². The number of aromatic nitrogens is 2. The number of rotatable bonds is 4. The molecule has 0 saturated heterocycles. The van der Waals surface area contributed by atoms with Gasteiger partial charge in [-0.2, -0.15) is 5.10 Å². The summed E-state index contributed by atoms with van der Waals surface area (Å²) in [4.78, 5) is 22.2. The smallest absolute Gasteiger partial charge is 0.340 e. The summed E-state index contributed by atoms with van der Waals surface area (Å²) >= 11 is 6.07. The predicted octanol–water partition coefficient (Wildman–Crippen LogP) is 1.89. The van der Waals surface area contributed by atoms with E-state index >= 15 is 0 Å². The van der Waals surface area contributed by atoms with Crippen molar-refractivity contribution in [2.45, 2.75) is 13.3 Å². The molecule has 7 heteroatoms. The Morgan fingerprint density at radius 2 is 1.95 bits per heavy atom. The third kappa shape index (κ3) is 2.37. The van der Waals surface area contributed by atoms with Crippen LogP contribution in [0.4, 0.5) is 0 Å². The zero-order valence-electron chi connectivity index (χ0n) is 10.6. The molecule has 20 heavy (non-hydrogen) atoms. The Bertz CT molecular complexity index is 677. The molecule has 1 aromatic heterocycles. The van der Waals surface area contributed by atoms with Gasteiger partial charge in [0.15, 0.2) is 0 Å². The highest BCUT2D eigenvalue weighted by molar-refractivity contribution is 6.33. The number of aromatic carboxylic acids is 1. The van der Waals surface area contributed by atoms with Crippen LogP contribution in [0.1, 0.15) is 33.3 Å². The van der Waals surface area contributed by atoms with Crippen LogP contribution in [0.15, 0.2) is 24.3 Å². The molecule has 0 fully saturated rings. The SMILES string of the molecule is CCc1nn(-c2ccc(C(N)=O)cc2)c(Cl)c1C(=O)O. The first-order valence-electron chi connectivity index (χ1n) is 5.86. The van der Waals surface area contributed by atoms with Crippen molar-refractivity contribution in [3.8, 4) is 5.69 Å². The fourth-order valence-corrected chi connectivity index (χ4v) is 2.16. The van der Waals surface area contributed by atoms with Crippen LogP contribution in [0.25, 0.3) is 5.69 Å². The molecule has 0 aliphatic rings. The van der Waals surface area contributed by atoms with Gasteiger partial charge in [-0.05, 0) is 30.7 Å². The van der Waals surface area contributed by atoms with Crippen molar-refractivity contribution in [2.75, 3.05) is 0 Å². The lowest BCUT2D eigenvalue weighted by Crippen LogP contribution is -2.10. The number of carbonyl (C=O) groups excluding carboxylic acids is 1. The maximum Gasteiger partial charge on any atom is 0.340 e. The van der Waals surface area contributed by atoms with Gasteiger partial charge in [-0.1, -0.05) is 18.5 Å². The lowest BCUT2D eigenvalue weighted by Gasteiger charge is -2.03. The normalized spacial score (nSPS) is 10.5. The van der Waals surface area contributed by atoms with E-state index in [2.05, 4.69) is 5.10 Å². The largest absolute Gasteiger partial charge is 0.478 e. The van der Waals surface area contributed by atoms with Crippen molar-refractivity contribution in [3.05, 3.63) is 46.2 Å². The predicted molar refractivity (Wildman–Crippen MR) is 73.4 cm³/mol. The van der Waals surface area contributed by atoms with Crippen LogP contribution < -0.4 is 5.73 Å². The Kier molecular flexibility index (Phi) is 3.76. The lowest BCUT2D eigenvalue weighted by molar-refractivity contribution is 0.0695. The van der Waals surface area contributed by atoms with Crippen molar-refractivity contribution in [1.82, 2.24) is 9.78 Å². The van der Waals surface area contributed by atoms with Crippen molar-refractivity contribution in [3.63, 3.8) is 0 Å². The molecule has 2 rings (SSSR count). The molecular weight excluding hydrogens is 282 g/mol. The Labute approximate surface area is 119 Å². The number of carbonyl (C=O) groups is 2.